The number of hydrogen-bond acceptors (Lipinski definition) is 3. The third kappa shape index (κ3) is 2.11. The summed E-state index contributed by atoms with van der Waals surface area (Å²) in [5.41, 5.74) is 6.75. The summed E-state index contributed by atoms with van der Waals surface area (Å²) in [6.45, 7) is 1.39. The molecule has 1 aromatic rings. The van der Waals surface area contributed by atoms with E-state index in [1.54, 1.807) is 13.2 Å². The molecule has 1 atom stereocenters. The average Bonchev–Trinajstić information content (AvgIpc) is 2.30. The fourth-order valence-corrected chi connectivity index (χ4v) is 2.39. The molecule has 0 fully saturated rings. The monoisotopic (exact) mass is 241 g/mol. The van der Waals surface area contributed by atoms with Crippen molar-refractivity contribution in [2.45, 2.75) is 18.8 Å². The number of hydrogen-bond donors (Lipinski definition) is 1. The van der Waals surface area contributed by atoms with E-state index in [0.29, 0.717) is 24.1 Å². The fraction of sp³-hybridized carbons (Fsp3) is 0.500. The van der Waals surface area contributed by atoms with Gasteiger partial charge in [0.05, 0.1) is 18.7 Å². The smallest absolute Gasteiger partial charge is 0.141 e. The Morgan fingerprint density at radius 3 is 3.06 bits per heavy atom. The second-order valence-electron chi connectivity index (χ2n) is 3.94. The molecule has 4 heteroatoms. The van der Waals surface area contributed by atoms with Crippen molar-refractivity contribution in [3.63, 3.8) is 0 Å². The Hall–Kier alpha value is -0.930. The number of halogens is 1. The number of fused-ring (bicyclic) bond motifs is 1. The highest BCUT2D eigenvalue weighted by molar-refractivity contribution is 6.32. The molecule has 1 heterocycles. The van der Waals surface area contributed by atoms with Crippen molar-refractivity contribution in [2.24, 2.45) is 5.73 Å². The van der Waals surface area contributed by atoms with Gasteiger partial charge in [0.25, 0.3) is 0 Å². The van der Waals surface area contributed by atoms with Gasteiger partial charge in [0, 0.05) is 11.6 Å². The Balaban J connectivity index is 2.41. The Morgan fingerprint density at radius 2 is 2.38 bits per heavy atom. The van der Waals surface area contributed by atoms with Crippen LogP contribution in [0, 0.1) is 0 Å². The highest BCUT2D eigenvalue weighted by Crippen LogP contribution is 2.42. The molecule has 0 saturated carbocycles. The van der Waals surface area contributed by atoms with E-state index >= 15 is 0 Å². The lowest BCUT2D eigenvalue weighted by Crippen LogP contribution is -2.17. The van der Waals surface area contributed by atoms with Crippen LogP contribution in [-0.2, 0) is 0 Å². The molecule has 0 saturated heterocycles. The van der Waals surface area contributed by atoms with Crippen LogP contribution in [-0.4, -0.2) is 20.3 Å². The topological polar surface area (TPSA) is 44.5 Å². The van der Waals surface area contributed by atoms with Crippen molar-refractivity contribution in [1.29, 1.82) is 0 Å². The maximum absolute atomic E-state index is 6.16. The largest absolute Gasteiger partial charge is 0.497 e. The van der Waals surface area contributed by atoms with Crippen molar-refractivity contribution in [3.05, 3.63) is 22.7 Å². The molecule has 0 aliphatic carbocycles. The van der Waals surface area contributed by atoms with Gasteiger partial charge < -0.3 is 15.2 Å². The molecule has 0 bridgehead atoms. The quantitative estimate of drug-likeness (QED) is 0.885. The summed E-state index contributed by atoms with van der Waals surface area (Å²) in [6.07, 6.45) is 1.95. The van der Waals surface area contributed by atoms with Crippen LogP contribution in [0.1, 0.15) is 24.3 Å². The summed E-state index contributed by atoms with van der Waals surface area (Å²) in [5, 5.41) is 0.621. The maximum Gasteiger partial charge on any atom is 0.141 e. The summed E-state index contributed by atoms with van der Waals surface area (Å²) in [5.74, 6) is 2.00. The molecule has 2 rings (SSSR count). The van der Waals surface area contributed by atoms with Crippen LogP contribution >= 0.6 is 11.6 Å². The first-order valence-corrected chi connectivity index (χ1v) is 5.84. The second kappa shape index (κ2) is 4.93. The Bertz CT molecular complexity index is 382. The lowest BCUT2D eigenvalue weighted by molar-refractivity contribution is 0.263. The second-order valence-corrected chi connectivity index (χ2v) is 4.35. The third-order valence-electron chi connectivity index (χ3n) is 2.95. The fourth-order valence-electron chi connectivity index (χ4n) is 2.12. The summed E-state index contributed by atoms with van der Waals surface area (Å²) in [4.78, 5) is 0. The van der Waals surface area contributed by atoms with E-state index in [-0.39, 0.29) is 0 Å². The van der Waals surface area contributed by atoms with Gasteiger partial charge in [-0.15, -0.1) is 0 Å². The molecule has 1 aromatic carbocycles. The van der Waals surface area contributed by atoms with Crippen molar-refractivity contribution in [1.82, 2.24) is 0 Å². The number of rotatable bonds is 3. The summed E-state index contributed by atoms with van der Waals surface area (Å²) < 4.78 is 10.8. The van der Waals surface area contributed by atoms with Crippen LogP contribution < -0.4 is 15.2 Å². The molecule has 3 nitrogen and oxygen atoms in total. The van der Waals surface area contributed by atoms with Crippen LogP contribution in [0.3, 0.4) is 0 Å². The Kier molecular flexibility index (Phi) is 3.56. The standard InChI is InChI=1S/C12H16ClNO2/c1-15-9-6-10-8(2-4-14)3-5-16-12(10)11(13)7-9/h6-8H,2-5,14H2,1H3. The van der Waals surface area contributed by atoms with Gasteiger partial charge >= 0.3 is 0 Å². The van der Waals surface area contributed by atoms with Crippen molar-refractivity contribution < 1.29 is 9.47 Å². The van der Waals surface area contributed by atoms with Gasteiger partial charge in [0.15, 0.2) is 0 Å². The molecule has 0 amide bonds. The molecule has 1 aliphatic rings. The van der Waals surface area contributed by atoms with Crippen LogP contribution in [0.25, 0.3) is 0 Å². The average molecular weight is 242 g/mol. The third-order valence-corrected chi connectivity index (χ3v) is 3.23. The van der Waals surface area contributed by atoms with Crippen LogP contribution in [0.15, 0.2) is 12.1 Å². The van der Waals surface area contributed by atoms with Gasteiger partial charge in [0.2, 0.25) is 0 Å². The molecule has 1 unspecified atom stereocenters. The van der Waals surface area contributed by atoms with E-state index in [0.717, 1.165) is 29.9 Å². The predicted molar refractivity (Wildman–Crippen MR) is 64.5 cm³/mol. The van der Waals surface area contributed by atoms with Crippen LogP contribution in [0.2, 0.25) is 5.02 Å². The maximum atomic E-state index is 6.16. The number of nitrogens with two attached hydrogens (primary N) is 1. The first kappa shape index (κ1) is 11.6. The van der Waals surface area contributed by atoms with Gasteiger partial charge in [-0.3, -0.25) is 0 Å². The molecular weight excluding hydrogens is 226 g/mol. The normalized spacial score (nSPS) is 18.8. The van der Waals surface area contributed by atoms with Gasteiger partial charge in [-0.1, -0.05) is 11.6 Å². The Labute approximate surface area is 100 Å². The lowest BCUT2D eigenvalue weighted by atomic mass is 9.90. The highest BCUT2D eigenvalue weighted by atomic mass is 35.5. The van der Waals surface area contributed by atoms with Crippen molar-refractivity contribution >= 4 is 11.6 Å². The molecule has 0 spiro atoms. The zero-order valence-corrected chi connectivity index (χ0v) is 10.1. The first-order chi connectivity index (χ1) is 7.76. The first-order valence-electron chi connectivity index (χ1n) is 5.46. The molecular formula is C12H16ClNO2. The van der Waals surface area contributed by atoms with E-state index in [9.17, 15) is 0 Å². The summed E-state index contributed by atoms with van der Waals surface area (Å²) in [6, 6.07) is 3.78. The molecule has 1 aliphatic heterocycles. The van der Waals surface area contributed by atoms with E-state index in [1.807, 2.05) is 6.07 Å². The van der Waals surface area contributed by atoms with E-state index in [2.05, 4.69) is 0 Å². The SMILES string of the molecule is COc1cc(Cl)c2c(c1)C(CCN)CCO2. The van der Waals surface area contributed by atoms with E-state index in [1.165, 1.54) is 0 Å². The highest BCUT2D eigenvalue weighted by Gasteiger charge is 2.24. The summed E-state index contributed by atoms with van der Waals surface area (Å²) >= 11 is 6.16. The Morgan fingerprint density at radius 1 is 1.56 bits per heavy atom. The molecule has 0 aromatic heterocycles. The molecule has 16 heavy (non-hydrogen) atoms. The van der Waals surface area contributed by atoms with Gasteiger partial charge in [-0.25, -0.2) is 0 Å². The van der Waals surface area contributed by atoms with E-state index < -0.39 is 0 Å². The number of ether oxygens (including phenoxy) is 2. The minimum Gasteiger partial charge on any atom is -0.497 e. The minimum atomic E-state index is 0.432. The predicted octanol–water partition coefficient (Wildman–Crippen LogP) is 2.56. The van der Waals surface area contributed by atoms with Crippen LogP contribution in [0.5, 0.6) is 11.5 Å². The van der Waals surface area contributed by atoms with Crippen LogP contribution in [0.4, 0.5) is 0 Å². The van der Waals surface area contributed by atoms with Gasteiger partial charge in [0.1, 0.15) is 11.5 Å². The summed E-state index contributed by atoms with van der Waals surface area (Å²) in [7, 11) is 1.64. The number of methoxy groups -OCH3 is 1. The molecule has 0 radical (unpaired) electrons. The van der Waals surface area contributed by atoms with Gasteiger partial charge in [-0.2, -0.15) is 0 Å². The lowest BCUT2D eigenvalue weighted by Gasteiger charge is -2.26. The minimum absolute atomic E-state index is 0.432. The zero-order chi connectivity index (χ0) is 11.5. The van der Waals surface area contributed by atoms with E-state index in [4.69, 9.17) is 26.8 Å². The van der Waals surface area contributed by atoms with Crippen molar-refractivity contribution in [3.8, 4) is 11.5 Å². The molecule has 2 N–H and O–H groups in total. The molecule has 88 valence electrons. The number of benzene rings is 1. The van der Waals surface area contributed by atoms with Crippen molar-refractivity contribution in [2.75, 3.05) is 20.3 Å². The van der Waals surface area contributed by atoms with Gasteiger partial charge in [-0.05, 0) is 31.4 Å². The zero-order valence-electron chi connectivity index (χ0n) is 9.33.